The number of aromatic amines is 1. The fraction of sp³-hybridized carbons (Fsp3) is 0.286. The van der Waals surface area contributed by atoms with Crippen molar-refractivity contribution in [2.24, 2.45) is 5.73 Å². The van der Waals surface area contributed by atoms with Crippen molar-refractivity contribution in [3.8, 4) is 0 Å². The molecule has 0 unspecified atom stereocenters. The zero-order valence-electron chi connectivity index (χ0n) is 11.3. The molecule has 1 aromatic heterocycles. The summed E-state index contributed by atoms with van der Waals surface area (Å²) < 4.78 is 0. The van der Waals surface area contributed by atoms with Gasteiger partial charge in [0, 0.05) is 23.5 Å². The molecule has 0 fully saturated rings. The van der Waals surface area contributed by atoms with Gasteiger partial charge in [-0.3, -0.25) is 9.59 Å². The molecule has 0 aliphatic heterocycles. The van der Waals surface area contributed by atoms with E-state index >= 15 is 0 Å². The molecule has 6 nitrogen and oxygen atoms in total. The van der Waals surface area contributed by atoms with E-state index in [9.17, 15) is 9.59 Å². The number of H-pyrrole nitrogens is 1. The van der Waals surface area contributed by atoms with Crippen LogP contribution in [0.3, 0.4) is 0 Å². The lowest BCUT2D eigenvalue weighted by molar-refractivity contribution is -0.126. The summed E-state index contributed by atoms with van der Waals surface area (Å²) in [5, 5.41) is 6.39. The van der Waals surface area contributed by atoms with Gasteiger partial charge in [0.1, 0.15) is 6.04 Å². The Bertz CT molecular complexity index is 620. The van der Waals surface area contributed by atoms with Crippen LogP contribution >= 0.6 is 0 Å². The molecule has 6 heteroatoms. The minimum Gasteiger partial charge on any atom is -0.368 e. The summed E-state index contributed by atoms with van der Waals surface area (Å²) >= 11 is 0. The van der Waals surface area contributed by atoms with Gasteiger partial charge in [-0.1, -0.05) is 18.2 Å². The van der Waals surface area contributed by atoms with Crippen molar-refractivity contribution in [1.29, 1.82) is 0 Å². The second-order valence-electron chi connectivity index (χ2n) is 4.62. The number of nitrogens with one attached hydrogen (secondary N) is 3. The molecule has 0 bridgehead atoms. The molecular weight excluding hydrogens is 256 g/mol. The van der Waals surface area contributed by atoms with Crippen molar-refractivity contribution in [2.75, 3.05) is 13.6 Å². The Kier molecular flexibility index (Phi) is 4.37. The van der Waals surface area contributed by atoms with Crippen LogP contribution in [0.2, 0.25) is 0 Å². The highest BCUT2D eigenvalue weighted by atomic mass is 16.2. The van der Waals surface area contributed by atoms with Crippen LogP contribution in [0, 0.1) is 0 Å². The van der Waals surface area contributed by atoms with E-state index in [0.29, 0.717) is 6.42 Å². The van der Waals surface area contributed by atoms with E-state index in [4.69, 9.17) is 5.73 Å². The highest BCUT2D eigenvalue weighted by Gasteiger charge is 2.19. The number of hydrogen-bond donors (Lipinski definition) is 4. The normalized spacial score (nSPS) is 12.2. The average molecular weight is 274 g/mol. The molecule has 20 heavy (non-hydrogen) atoms. The third-order valence-electron chi connectivity index (χ3n) is 3.11. The van der Waals surface area contributed by atoms with Gasteiger partial charge in [-0.25, -0.2) is 0 Å². The first-order valence-electron chi connectivity index (χ1n) is 6.40. The third kappa shape index (κ3) is 3.16. The predicted molar refractivity (Wildman–Crippen MR) is 77.1 cm³/mol. The second-order valence-corrected chi connectivity index (χ2v) is 4.62. The SMILES string of the molecule is CNCC(=O)N[C@@H](Cc1c[nH]c2ccccc12)C(N)=O. The second kappa shape index (κ2) is 6.21. The molecule has 2 amide bonds. The number of benzene rings is 1. The molecule has 0 spiro atoms. The zero-order valence-corrected chi connectivity index (χ0v) is 11.3. The number of fused-ring (bicyclic) bond motifs is 1. The summed E-state index contributed by atoms with van der Waals surface area (Å²) in [6, 6.07) is 7.07. The highest BCUT2D eigenvalue weighted by Crippen LogP contribution is 2.18. The number of carbonyl (C=O) groups excluding carboxylic acids is 2. The monoisotopic (exact) mass is 274 g/mol. The molecule has 0 aliphatic carbocycles. The van der Waals surface area contributed by atoms with Crippen molar-refractivity contribution in [3.05, 3.63) is 36.0 Å². The average Bonchev–Trinajstić information content (AvgIpc) is 2.82. The predicted octanol–water partition coefficient (Wildman–Crippen LogP) is -0.100. The number of aromatic nitrogens is 1. The van der Waals surface area contributed by atoms with Gasteiger partial charge in [-0.15, -0.1) is 0 Å². The van der Waals surface area contributed by atoms with Crippen molar-refractivity contribution in [2.45, 2.75) is 12.5 Å². The Labute approximate surface area is 116 Å². The Balaban J connectivity index is 2.15. The molecule has 5 N–H and O–H groups in total. The van der Waals surface area contributed by atoms with Crippen molar-refractivity contribution in [3.63, 3.8) is 0 Å². The van der Waals surface area contributed by atoms with Gasteiger partial charge in [-0.2, -0.15) is 0 Å². The van der Waals surface area contributed by atoms with Gasteiger partial charge in [0.15, 0.2) is 0 Å². The van der Waals surface area contributed by atoms with Crippen LogP contribution in [0.4, 0.5) is 0 Å². The lowest BCUT2D eigenvalue weighted by Gasteiger charge is -2.15. The number of primary amides is 1. The molecule has 2 aromatic rings. The summed E-state index contributed by atoms with van der Waals surface area (Å²) in [5.41, 5.74) is 7.30. The first-order chi connectivity index (χ1) is 9.61. The Hall–Kier alpha value is -2.34. The van der Waals surface area contributed by atoms with Crippen LogP contribution in [0.25, 0.3) is 10.9 Å². The fourth-order valence-corrected chi connectivity index (χ4v) is 2.15. The van der Waals surface area contributed by atoms with E-state index in [0.717, 1.165) is 16.5 Å². The molecule has 0 radical (unpaired) electrons. The lowest BCUT2D eigenvalue weighted by atomic mass is 10.0. The van der Waals surface area contributed by atoms with E-state index in [1.54, 1.807) is 7.05 Å². The first kappa shape index (κ1) is 14.1. The van der Waals surface area contributed by atoms with E-state index in [1.165, 1.54) is 0 Å². The minimum absolute atomic E-state index is 0.150. The van der Waals surface area contributed by atoms with Crippen LogP contribution < -0.4 is 16.4 Å². The van der Waals surface area contributed by atoms with Crippen LogP contribution in [0.5, 0.6) is 0 Å². The topological polar surface area (TPSA) is 100 Å². The van der Waals surface area contributed by atoms with Crippen molar-refractivity contribution < 1.29 is 9.59 Å². The fourth-order valence-electron chi connectivity index (χ4n) is 2.15. The number of likely N-dealkylation sites (N-methyl/N-ethyl adjacent to an activating group) is 1. The van der Waals surface area contributed by atoms with Crippen LogP contribution in [-0.2, 0) is 16.0 Å². The molecule has 106 valence electrons. The summed E-state index contributed by atoms with van der Waals surface area (Å²) in [6.07, 6.45) is 2.21. The molecule has 1 heterocycles. The number of amides is 2. The molecule has 1 atom stereocenters. The summed E-state index contributed by atoms with van der Waals surface area (Å²) in [5.74, 6) is -0.795. The Morgan fingerprint density at radius 3 is 2.80 bits per heavy atom. The number of carbonyl (C=O) groups is 2. The third-order valence-corrected chi connectivity index (χ3v) is 3.11. The Morgan fingerprint density at radius 1 is 1.35 bits per heavy atom. The van der Waals surface area contributed by atoms with Gasteiger partial charge >= 0.3 is 0 Å². The number of hydrogen-bond acceptors (Lipinski definition) is 3. The van der Waals surface area contributed by atoms with E-state index in [2.05, 4.69) is 15.6 Å². The summed E-state index contributed by atoms with van der Waals surface area (Å²) in [6.45, 7) is 0.150. The summed E-state index contributed by atoms with van der Waals surface area (Å²) in [4.78, 5) is 26.2. The maximum absolute atomic E-state index is 11.6. The maximum Gasteiger partial charge on any atom is 0.240 e. The van der Waals surface area contributed by atoms with Gasteiger partial charge in [0.05, 0.1) is 6.54 Å². The van der Waals surface area contributed by atoms with Crippen LogP contribution in [-0.4, -0.2) is 36.4 Å². The standard InChI is InChI=1S/C14H18N4O2/c1-16-8-13(19)18-12(14(15)20)6-9-7-17-11-5-3-2-4-10(9)11/h2-5,7,12,16-17H,6,8H2,1H3,(H2,15,20)(H,18,19)/t12-/m0/s1. The number of para-hydroxylation sites is 1. The summed E-state index contributed by atoms with van der Waals surface area (Å²) in [7, 11) is 1.67. The molecule has 0 saturated heterocycles. The molecular formula is C14H18N4O2. The zero-order chi connectivity index (χ0) is 14.5. The van der Waals surface area contributed by atoms with Gasteiger partial charge in [0.25, 0.3) is 0 Å². The molecule has 0 aliphatic rings. The van der Waals surface area contributed by atoms with E-state index in [1.807, 2.05) is 30.5 Å². The largest absolute Gasteiger partial charge is 0.368 e. The number of nitrogens with two attached hydrogens (primary N) is 1. The quantitative estimate of drug-likeness (QED) is 0.592. The Morgan fingerprint density at radius 2 is 2.10 bits per heavy atom. The molecule has 0 saturated carbocycles. The number of rotatable bonds is 6. The highest BCUT2D eigenvalue weighted by molar-refractivity contribution is 5.89. The van der Waals surface area contributed by atoms with Gasteiger partial charge < -0.3 is 21.4 Å². The maximum atomic E-state index is 11.6. The van der Waals surface area contributed by atoms with Crippen molar-refractivity contribution >= 4 is 22.7 Å². The minimum atomic E-state index is -0.713. The van der Waals surface area contributed by atoms with Crippen molar-refractivity contribution in [1.82, 2.24) is 15.6 Å². The van der Waals surface area contributed by atoms with E-state index < -0.39 is 11.9 Å². The van der Waals surface area contributed by atoms with Crippen LogP contribution in [0.1, 0.15) is 5.56 Å². The lowest BCUT2D eigenvalue weighted by Crippen LogP contribution is -2.48. The first-order valence-corrected chi connectivity index (χ1v) is 6.40. The van der Waals surface area contributed by atoms with E-state index in [-0.39, 0.29) is 12.5 Å². The van der Waals surface area contributed by atoms with Gasteiger partial charge in [-0.05, 0) is 18.7 Å². The van der Waals surface area contributed by atoms with Gasteiger partial charge in [0.2, 0.25) is 11.8 Å². The smallest absolute Gasteiger partial charge is 0.240 e. The van der Waals surface area contributed by atoms with Crippen LogP contribution in [0.15, 0.2) is 30.5 Å². The molecule has 1 aromatic carbocycles. The molecule has 2 rings (SSSR count).